The normalized spacial score (nSPS) is 16.5. The van der Waals surface area contributed by atoms with Crippen molar-refractivity contribution in [3.8, 4) is 11.5 Å². The molecule has 0 radical (unpaired) electrons. The zero-order chi connectivity index (χ0) is 15.1. The van der Waals surface area contributed by atoms with Gasteiger partial charge < -0.3 is 14.8 Å². The van der Waals surface area contributed by atoms with E-state index < -0.39 is 0 Å². The Hall–Kier alpha value is -0.930. The Bertz CT molecular complexity index is 443. The molecular weight excluding hydrogens is 286 g/mol. The minimum atomic E-state index is 0.604. The molecule has 0 aliphatic heterocycles. The van der Waals surface area contributed by atoms with Gasteiger partial charge in [0, 0.05) is 29.2 Å². The molecule has 0 heterocycles. The maximum absolute atomic E-state index is 6.19. The standard InChI is InChI=1S/C17H26ClNO2/c1-3-21-17-13(10-14(18)11-16(17)20-2)12-19-15-8-6-4-5-7-9-15/h10-11,15,19H,3-9,12H2,1-2H3. The molecule has 0 aromatic heterocycles. The van der Waals surface area contributed by atoms with Crippen LogP contribution in [0.5, 0.6) is 11.5 Å². The Labute approximate surface area is 133 Å². The first-order valence-corrected chi connectivity index (χ1v) is 8.35. The lowest BCUT2D eigenvalue weighted by molar-refractivity contribution is 0.305. The van der Waals surface area contributed by atoms with Gasteiger partial charge in [-0.25, -0.2) is 0 Å². The number of halogens is 1. The van der Waals surface area contributed by atoms with E-state index in [1.165, 1.54) is 38.5 Å². The molecule has 0 bridgehead atoms. The van der Waals surface area contributed by atoms with Gasteiger partial charge in [0.25, 0.3) is 0 Å². The van der Waals surface area contributed by atoms with Crippen molar-refractivity contribution in [2.24, 2.45) is 0 Å². The second-order valence-corrected chi connectivity index (χ2v) is 6.04. The van der Waals surface area contributed by atoms with Crippen molar-refractivity contribution in [3.63, 3.8) is 0 Å². The largest absolute Gasteiger partial charge is 0.493 e. The summed E-state index contributed by atoms with van der Waals surface area (Å²) >= 11 is 6.19. The smallest absolute Gasteiger partial charge is 0.165 e. The fraction of sp³-hybridized carbons (Fsp3) is 0.647. The van der Waals surface area contributed by atoms with Gasteiger partial charge in [0.05, 0.1) is 13.7 Å². The summed E-state index contributed by atoms with van der Waals surface area (Å²) < 4.78 is 11.1. The van der Waals surface area contributed by atoms with Gasteiger partial charge in [-0.05, 0) is 25.8 Å². The number of rotatable bonds is 6. The first-order chi connectivity index (χ1) is 10.2. The maximum Gasteiger partial charge on any atom is 0.165 e. The summed E-state index contributed by atoms with van der Waals surface area (Å²) in [6.45, 7) is 3.38. The van der Waals surface area contributed by atoms with E-state index in [1.54, 1.807) is 7.11 Å². The highest BCUT2D eigenvalue weighted by Gasteiger charge is 2.15. The molecule has 118 valence electrons. The molecule has 1 aromatic rings. The van der Waals surface area contributed by atoms with E-state index in [0.717, 1.165) is 17.9 Å². The molecule has 1 N–H and O–H groups in total. The topological polar surface area (TPSA) is 30.5 Å². The lowest BCUT2D eigenvalue weighted by Crippen LogP contribution is -2.28. The molecule has 3 nitrogen and oxygen atoms in total. The summed E-state index contributed by atoms with van der Waals surface area (Å²) in [6.07, 6.45) is 7.92. The molecule has 0 atom stereocenters. The van der Waals surface area contributed by atoms with Gasteiger partial charge in [-0.15, -0.1) is 0 Å². The van der Waals surface area contributed by atoms with Gasteiger partial charge in [-0.1, -0.05) is 37.3 Å². The highest BCUT2D eigenvalue weighted by molar-refractivity contribution is 6.30. The molecule has 0 spiro atoms. The van der Waals surface area contributed by atoms with Crippen LogP contribution in [0.15, 0.2) is 12.1 Å². The van der Waals surface area contributed by atoms with E-state index in [0.29, 0.717) is 23.4 Å². The second kappa shape index (κ2) is 8.50. The molecular formula is C17H26ClNO2. The Morgan fingerprint density at radius 2 is 1.90 bits per heavy atom. The van der Waals surface area contributed by atoms with E-state index in [4.69, 9.17) is 21.1 Å². The minimum Gasteiger partial charge on any atom is -0.493 e. The summed E-state index contributed by atoms with van der Waals surface area (Å²) in [5, 5.41) is 4.35. The monoisotopic (exact) mass is 311 g/mol. The molecule has 1 fully saturated rings. The number of methoxy groups -OCH3 is 1. The number of hydrogen-bond acceptors (Lipinski definition) is 3. The van der Waals surface area contributed by atoms with Crippen LogP contribution in [0.3, 0.4) is 0 Å². The predicted molar refractivity (Wildman–Crippen MR) is 87.5 cm³/mol. The summed E-state index contributed by atoms with van der Waals surface area (Å²) in [5.41, 5.74) is 1.07. The first kappa shape index (κ1) is 16.4. The number of benzene rings is 1. The number of hydrogen-bond donors (Lipinski definition) is 1. The van der Waals surface area contributed by atoms with Crippen molar-refractivity contribution >= 4 is 11.6 Å². The molecule has 0 unspecified atom stereocenters. The fourth-order valence-corrected chi connectivity index (χ4v) is 3.18. The summed E-state index contributed by atoms with van der Waals surface area (Å²) in [7, 11) is 1.65. The van der Waals surface area contributed by atoms with Gasteiger partial charge in [0.2, 0.25) is 0 Å². The van der Waals surface area contributed by atoms with Gasteiger partial charge in [0.15, 0.2) is 11.5 Å². The highest BCUT2D eigenvalue weighted by atomic mass is 35.5. The van der Waals surface area contributed by atoms with E-state index >= 15 is 0 Å². The zero-order valence-electron chi connectivity index (χ0n) is 13.1. The van der Waals surface area contributed by atoms with Crippen molar-refractivity contribution in [2.45, 2.75) is 58.0 Å². The highest BCUT2D eigenvalue weighted by Crippen LogP contribution is 2.35. The summed E-state index contributed by atoms with van der Waals surface area (Å²) in [5.74, 6) is 1.52. The molecule has 1 aliphatic rings. The van der Waals surface area contributed by atoms with Crippen LogP contribution >= 0.6 is 11.6 Å². The van der Waals surface area contributed by atoms with Crippen LogP contribution < -0.4 is 14.8 Å². The van der Waals surface area contributed by atoms with Gasteiger partial charge >= 0.3 is 0 Å². The van der Waals surface area contributed by atoms with E-state index in [2.05, 4.69) is 5.32 Å². The zero-order valence-corrected chi connectivity index (χ0v) is 13.8. The molecule has 2 rings (SSSR count). The second-order valence-electron chi connectivity index (χ2n) is 5.60. The maximum atomic E-state index is 6.19. The molecule has 21 heavy (non-hydrogen) atoms. The van der Waals surface area contributed by atoms with Gasteiger partial charge in [0.1, 0.15) is 0 Å². The molecule has 1 aromatic carbocycles. The lowest BCUT2D eigenvalue weighted by Gasteiger charge is -2.19. The van der Waals surface area contributed by atoms with Crippen molar-refractivity contribution in [1.29, 1.82) is 0 Å². The Kier molecular flexibility index (Phi) is 6.65. The van der Waals surface area contributed by atoms with E-state index in [9.17, 15) is 0 Å². The summed E-state index contributed by atoms with van der Waals surface area (Å²) in [4.78, 5) is 0. The van der Waals surface area contributed by atoms with Crippen LogP contribution in [0.4, 0.5) is 0 Å². The number of ether oxygens (including phenoxy) is 2. The van der Waals surface area contributed by atoms with Crippen molar-refractivity contribution in [1.82, 2.24) is 5.32 Å². The van der Waals surface area contributed by atoms with Crippen LogP contribution in [0.2, 0.25) is 5.02 Å². The quantitative estimate of drug-likeness (QED) is 0.781. The Morgan fingerprint density at radius 1 is 1.19 bits per heavy atom. The minimum absolute atomic E-state index is 0.604. The SMILES string of the molecule is CCOc1c(CNC2CCCCCC2)cc(Cl)cc1OC. The van der Waals surface area contributed by atoms with Gasteiger partial charge in [-0.2, -0.15) is 0 Å². The van der Waals surface area contributed by atoms with Crippen LogP contribution in [0.1, 0.15) is 51.0 Å². The third-order valence-electron chi connectivity index (χ3n) is 4.04. The number of nitrogens with one attached hydrogen (secondary N) is 1. The molecule has 0 saturated heterocycles. The third kappa shape index (κ3) is 4.79. The van der Waals surface area contributed by atoms with Gasteiger partial charge in [-0.3, -0.25) is 0 Å². The molecule has 4 heteroatoms. The average molecular weight is 312 g/mol. The van der Waals surface area contributed by atoms with Crippen LogP contribution in [-0.4, -0.2) is 19.8 Å². The van der Waals surface area contributed by atoms with Crippen LogP contribution in [0.25, 0.3) is 0 Å². The van der Waals surface area contributed by atoms with Crippen molar-refractivity contribution in [2.75, 3.05) is 13.7 Å². The van der Waals surface area contributed by atoms with Crippen LogP contribution in [-0.2, 0) is 6.54 Å². The lowest BCUT2D eigenvalue weighted by atomic mass is 10.1. The molecule has 1 aliphatic carbocycles. The predicted octanol–water partition coefficient (Wildman–Crippen LogP) is 4.56. The van der Waals surface area contributed by atoms with Crippen molar-refractivity contribution < 1.29 is 9.47 Å². The molecule has 0 amide bonds. The Balaban J connectivity index is 2.08. The van der Waals surface area contributed by atoms with E-state index in [-0.39, 0.29) is 0 Å². The Morgan fingerprint density at radius 3 is 2.52 bits per heavy atom. The first-order valence-electron chi connectivity index (χ1n) is 7.97. The average Bonchev–Trinajstić information content (AvgIpc) is 2.75. The molecule has 1 saturated carbocycles. The summed E-state index contributed by atoms with van der Waals surface area (Å²) in [6, 6.07) is 4.38. The van der Waals surface area contributed by atoms with Crippen molar-refractivity contribution in [3.05, 3.63) is 22.7 Å². The fourth-order valence-electron chi connectivity index (χ4n) is 2.95. The van der Waals surface area contributed by atoms with E-state index in [1.807, 2.05) is 19.1 Å². The third-order valence-corrected chi connectivity index (χ3v) is 4.26. The van der Waals surface area contributed by atoms with Crippen LogP contribution in [0, 0.1) is 0 Å².